The van der Waals surface area contributed by atoms with Crippen LogP contribution in [-0.4, -0.2) is 21.8 Å². The van der Waals surface area contributed by atoms with Crippen molar-refractivity contribution in [2.75, 3.05) is 5.32 Å². The molecule has 0 saturated carbocycles. The lowest BCUT2D eigenvalue weighted by Crippen LogP contribution is -2.41. The van der Waals surface area contributed by atoms with E-state index in [0.717, 1.165) is 29.4 Å². The second kappa shape index (κ2) is 10.6. The number of hydrogen-bond donors (Lipinski definition) is 4. The van der Waals surface area contributed by atoms with Crippen LogP contribution in [0.5, 0.6) is 5.75 Å². The lowest BCUT2D eigenvalue weighted by molar-refractivity contribution is -0.385. The molecule has 0 fully saturated rings. The highest BCUT2D eigenvalue weighted by molar-refractivity contribution is 6.02. The fourth-order valence-electron chi connectivity index (χ4n) is 3.75. The fraction of sp³-hybridized carbons (Fsp3) is 0.111. The second-order valence-corrected chi connectivity index (χ2v) is 8.38. The number of benzene rings is 3. The maximum Gasteiger partial charge on any atom is 0.306 e. The summed E-state index contributed by atoms with van der Waals surface area (Å²) in [6, 6.07) is 20.5. The van der Waals surface area contributed by atoms with Gasteiger partial charge in [0.25, 0.3) is 11.6 Å². The first-order valence-corrected chi connectivity index (χ1v) is 11.3. The highest BCUT2D eigenvalue weighted by atomic mass is 16.6. The summed E-state index contributed by atoms with van der Waals surface area (Å²) in [5.41, 5.74) is 7.88. The van der Waals surface area contributed by atoms with E-state index in [2.05, 4.69) is 47.4 Å². The minimum Gasteiger partial charge on any atom is -0.508 e. The van der Waals surface area contributed by atoms with Crippen molar-refractivity contribution in [2.45, 2.75) is 19.9 Å². The molecule has 3 aromatic carbocycles. The standard InChI is InChI=1S/C27H24N4O6/c1-16-3-5-18(6-4-16)17(2)28-20-9-7-19(8-10-20)22-13-14-37-25(22)27(34)30-29-26(33)23-12-11-21(32)15-24(23)31(35)36/h3-15,17,28,32H,1-2H3,(H,29,33)(H,30,34). The number of aryl methyl sites for hydroxylation is 1. The lowest BCUT2D eigenvalue weighted by Gasteiger charge is -2.16. The summed E-state index contributed by atoms with van der Waals surface area (Å²) in [5.74, 6) is -2.08. The monoisotopic (exact) mass is 500 g/mol. The number of carbonyl (C=O) groups is 2. The normalized spacial score (nSPS) is 11.4. The van der Waals surface area contributed by atoms with Crippen molar-refractivity contribution in [2.24, 2.45) is 0 Å². The van der Waals surface area contributed by atoms with E-state index in [1.54, 1.807) is 6.07 Å². The molecule has 10 heteroatoms. The Morgan fingerprint density at radius 3 is 2.30 bits per heavy atom. The van der Waals surface area contributed by atoms with Gasteiger partial charge >= 0.3 is 5.91 Å². The number of carbonyl (C=O) groups excluding carboxylic acids is 2. The number of hydrogen-bond acceptors (Lipinski definition) is 7. The van der Waals surface area contributed by atoms with Crippen LogP contribution in [0.3, 0.4) is 0 Å². The fourth-order valence-corrected chi connectivity index (χ4v) is 3.75. The number of nitro groups is 1. The average Bonchev–Trinajstić information content (AvgIpc) is 3.38. The van der Waals surface area contributed by atoms with Gasteiger partial charge in [0, 0.05) is 17.3 Å². The van der Waals surface area contributed by atoms with E-state index in [1.165, 1.54) is 11.8 Å². The van der Waals surface area contributed by atoms with Crippen molar-refractivity contribution >= 4 is 23.2 Å². The Kier molecular flexibility index (Phi) is 7.19. The predicted octanol–water partition coefficient (Wildman–Crippen LogP) is 5.12. The number of amides is 2. The minimum atomic E-state index is -0.925. The number of phenolic OH excluding ortho intramolecular Hbond substituents is 1. The summed E-state index contributed by atoms with van der Waals surface area (Å²) in [7, 11) is 0. The van der Waals surface area contributed by atoms with Crippen LogP contribution in [0.2, 0.25) is 0 Å². The average molecular weight is 501 g/mol. The molecule has 0 spiro atoms. The molecule has 0 aliphatic carbocycles. The Morgan fingerprint density at radius 2 is 1.62 bits per heavy atom. The van der Waals surface area contributed by atoms with E-state index in [0.29, 0.717) is 11.1 Å². The number of phenols is 1. The van der Waals surface area contributed by atoms with Gasteiger partial charge in [-0.2, -0.15) is 0 Å². The molecule has 1 heterocycles. The number of nitrogens with zero attached hydrogens (tertiary/aromatic N) is 1. The molecule has 0 aliphatic heterocycles. The van der Waals surface area contributed by atoms with Crippen molar-refractivity contribution in [3.63, 3.8) is 0 Å². The molecule has 1 atom stereocenters. The van der Waals surface area contributed by atoms with Gasteiger partial charge in [-0.1, -0.05) is 42.0 Å². The Morgan fingerprint density at radius 1 is 0.946 bits per heavy atom. The van der Waals surface area contributed by atoms with Gasteiger partial charge in [0.15, 0.2) is 0 Å². The minimum absolute atomic E-state index is 0.0470. The van der Waals surface area contributed by atoms with Gasteiger partial charge in [0.2, 0.25) is 5.76 Å². The molecule has 0 bridgehead atoms. The van der Waals surface area contributed by atoms with Crippen molar-refractivity contribution in [3.8, 4) is 16.9 Å². The van der Waals surface area contributed by atoms with Crippen molar-refractivity contribution < 1.29 is 24.0 Å². The predicted molar refractivity (Wildman–Crippen MR) is 137 cm³/mol. The summed E-state index contributed by atoms with van der Waals surface area (Å²) in [5, 5.41) is 24.1. The molecule has 37 heavy (non-hydrogen) atoms. The highest BCUT2D eigenvalue weighted by Crippen LogP contribution is 2.28. The molecule has 2 amide bonds. The van der Waals surface area contributed by atoms with E-state index >= 15 is 0 Å². The maximum absolute atomic E-state index is 12.7. The topological polar surface area (TPSA) is 147 Å². The molecule has 1 unspecified atom stereocenters. The Balaban J connectivity index is 1.42. The SMILES string of the molecule is Cc1ccc(C(C)Nc2ccc(-c3ccoc3C(=O)NNC(=O)c3ccc(O)cc3[N+](=O)[O-])cc2)cc1. The highest BCUT2D eigenvalue weighted by Gasteiger charge is 2.23. The maximum atomic E-state index is 12.7. The van der Waals surface area contributed by atoms with Crippen LogP contribution in [0.15, 0.2) is 83.5 Å². The van der Waals surface area contributed by atoms with E-state index in [4.69, 9.17) is 4.42 Å². The summed E-state index contributed by atoms with van der Waals surface area (Å²) >= 11 is 0. The molecule has 0 aliphatic rings. The van der Waals surface area contributed by atoms with E-state index in [9.17, 15) is 24.8 Å². The van der Waals surface area contributed by atoms with Crippen molar-refractivity contribution in [3.05, 3.63) is 112 Å². The van der Waals surface area contributed by atoms with Gasteiger partial charge in [-0.3, -0.25) is 30.6 Å². The molecule has 10 nitrogen and oxygen atoms in total. The van der Waals surface area contributed by atoms with Crippen molar-refractivity contribution in [1.29, 1.82) is 0 Å². The first-order valence-electron chi connectivity index (χ1n) is 11.3. The first-order chi connectivity index (χ1) is 17.7. The zero-order valence-electron chi connectivity index (χ0n) is 20.0. The zero-order valence-corrected chi connectivity index (χ0v) is 20.0. The molecule has 0 radical (unpaired) electrons. The molecule has 4 rings (SSSR count). The third-order valence-corrected chi connectivity index (χ3v) is 5.74. The van der Waals surface area contributed by atoms with Gasteiger partial charge < -0.3 is 14.8 Å². The van der Waals surface area contributed by atoms with E-state index < -0.39 is 22.4 Å². The summed E-state index contributed by atoms with van der Waals surface area (Å²) in [6.45, 7) is 4.11. The summed E-state index contributed by atoms with van der Waals surface area (Å²) in [4.78, 5) is 35.5. The number of nitrogens with one attached hydrogen (secondary N) is 3. The van der Waals surface area contributed by atoms with Crippen LogP contribution < -0.4 is 16.2 Å². The molecule has 1 aromatic heterocycles. The Hall–Kier alpha value is -5.12. The third kappa shape index (κ3) is 5.76. The molecular formula is C27H24N4O6. The van der Waals surface area contributed by atoms with Crippen LogP contribution >= 0.6 is 0 Å². The van der Waals surface area contributed by atoms with E-state index in [1.807, 2.05) is 31.2 Å². The number of rotatable bonds is 7. The quantitative estimate of drug-likeness (QED) is 0.203. The smallest absolute Gasteiger partial charge is 0.306 e. The third-order valence-electron chi connectivity index (χ3n) is 5.74. The summed E-state index contributed by atoms with van der Waals surface area (Å²) < 4.78 is 5.34. The second-order valence-electron chi connectivity index (χ2n) is 8.38. The Bertz CT molecular complexity index is 1440. The van der Waals surface area contributed by atoms with Gasteiger partial charge in [-0.25, -0.2) is 0 Å². The number of anilines is 1. The first kappa shape index (κ1) is 25.0. The Labute approximate surface area is 212 Å². The van der Waals surface area contributed by atoms with Gasteiger partial charge in [-0.15, -0.1) is 0 Å². The molecule has 188 valence electrons. The van der Waals surface area contributed by atoms with Crippen LogP contribution in [-0.2, 0) is 0 Å². The van der Waals surface area contributed by atoms with Crippen LogP contribution in [0.4, 0.5) is 11.4 Å². The number of aromatic hydroxyl groups is 1. The van der Waals surface area contributed by atoms with Crippen LogP contribution in [0.1, 0.15) is 45.0 Å². The van der Waals surface area contributed by atoms with Gasteiger partial charge in [0.05, 0.1) is 17.3 Å². The number of nitro benzene ring substituents is 1. The lowest BCUT2D eigenvalue weighted by atomic mass is 10.0. The molecular weight excluding hydrogens is 476 g/mol. The molecule has 4 N–H and O–H groups in total. The van der Waals surface area contributed by atoms with Gasteiger partial charge in [0.1, 0.15) is 11.3 Å². The van der Waals surface area contributed by atoms with Gasteiger partial charge in [-0.05, 0) is 55.3 Å². The molecule has 0 saturated heterocycles. The zero-order chi connectivity index (χ0) is 26.5. The van der Waals surface area contributed by atoms with Crippen molar-refractivity contribution in [1.82, 2.24) is 10.9 Å². The number of furan rings is 1. The largest absolute Gasteiger partial charge is 0.508 e. The summed E-state index contributed by atoms with van der Waals surface area (Å²) in [6.07, 6.45) is 1.35. The van der Waals surface area contributed by atoms with E-state index in [-0.39, 0.29) is 23.1 Å². The number of hydrazine groups is 1. The van der Waals surface area contributed by atoms with Crippen LogP contribution in [0, 0.1) is 17.0 Å². The van der Waals surface area contributed by atoms with Crippen LogP contribution in [0.25, 0.3) is 11.1 Å². The molecule has 4 aromatic rings.